The van der Waals surface area contributed by atoms with Crippen LogP contribution >= 0.6 is 0 Å². The first-order valence-electron chi connectivity index (χ1n) is 5.54. The van der Waals surface area contributed by atoms with Gasteiger partial charge in [0.15, 0.2) is 5.82 Å². The Balaban J connectivity index is 2.02. The highest BCUT2D eigenvalue weighted by Crippen LogP contribution is 2.22. The average molecular weight is 237 g/mol. The monoisotopic (exact) mass is 237 g/mol. The predicted octanol–water partition coefficient (Wildman–Crippen LogP) is 0.786. The summed E-state index contributed by atoms with van der Waals surface area (Å²) in [5, 5.41) is 8.91. The normalized spacial score (nSPS) is 16.9. The standard InChI is InChI=1S/C11H15N3O3/c1-17-10-7-12-6-9(13-10)14-4-2-8(3-5-14)11(15)16/h6-8H,2-5H2,1H3,(H,15,16). The van der Waals surface area contributed by atoms with E-state index in [0.29, 0.717) is 31.8 Å². The Hall–Kier alpha value is -1.85. The zero-order chi connectivity index (χ0) is 12.3. The molecular formula is C11H15N3O3. The second kappa shape index (κ2) is 4.99. The fraction of sp³-hybridized carbons (Fsp3) is 0.545. The van der Waals surface area contributed by atoms with Gasteiger partial charge in [-0.1, -0.05) is 0 Å². The number of aromatic nitrogens is 2. The molecule has 0 aliphatic carbocycles. The zero-order valence-electron chi connectivity index (χ0n) is 9.67. The molecule has 92 valence electrons. The molecule has 6 nitrogen and oxygen atoms in total. The van der Waals surface area contributed by atoms with Crippen molar-refractivity contribution in [2.24, 2.45) is 5.92 Å². The Morgan fingerprint density at radius 3 is 2.76 bits per heavy atom. The van der Waals surface area contributed by atoms with E-state index >= 15 is 0 Å². The maximum Gasteiger partial charge on any atom is 0.306 e. The van der Waals surface area contributed by atoms with Crippen LogP contribution in [0.3, 0.4) is 0 Å². The minimum absolute atomic E-state index is 0.232. The molecule has 2 rings (SSSR count). The molecule has 0 bridgehead atoms. The summed E-state index contributed by atoms with van der Waals surface area (Å²) in [5.74, 6) is 0.280. The van der Waals surface area contributed by atoms with Crippen LogP contribution < -0.4 is 9.64 Å². The third-order valence-corrected chi connectivity index (χ3v) is 2.98. The van der Waals surface area contributed by atoms with Gasteiger partial charge in [0.25, 0.3) is 0 Å². The lowest BCUT2D eigenvalue weighted by molar-refractivity contribution is -0.142. The largest absolute Gasteiger partial charge is 0.481 e. The number of nitrogens with zero attached hydrogens (tertiary/aromatic N) is 3. The van der Waals surface area contributed by atoms with Gasteiger partial charge in [0.05, 0.1) is 25.4 Å². The smallest absolute Gasteiger partial charge is 0.306 e. The van der Waals surface area contributed by atoms with E-state index in [0.717, 1.165) is 5.82 Å². The molecule has 0 amide bonds. The number of carboxylic acid groups (broad SMARTS) is 1. The topological polar surface area (TPSA) is 75.5 Å². The molecule has 1 N–H and O–H groups in total. The SMILES string of the molecule is COc1cncc(N2CCC(C(=O)O)CC2)n1. The molecule has 1 aliphatic heterocycles. The summed E-state index contributed by atoms with van der Waals surface area (Å²) in [4.78, 5) is 21.2. The summed E-state index contributed by atoms with van der Waals surface area (Å²) in [6.45, 7) is 1.39. The molecule has 0 unspecified atom stereocenters. The van der Waals surface area contributed by atoms with Crippen molar-refractivity contribution in [2.45, 2.75) is 12.8 Å². The van der Waals surface area contributed by atoms with Crippen molar-refractivity contribution in [1.82, 2.24) is 9.97 Å². The number of carbonyl (C=O) groups is 1. The molecule has 6 heteroatoms. The number of piperidine rings is 1. The Bertz CT molecular complexity index is 403. The predicted molar refractivity (Wildman–Crippen MR) is 61.2 cm³/mol. The fourth-order valence-corrected chi connectivity index (χ4v) is 1.94. The maximum absolute atomic E-state index is 10.8. The van der Waals surface area contributed by atoms with E-state index in [1.165, 1.54) is 0 Å². The van der Waals surface area contributed by atoms with E-state index in [4.69, 9.17) is 9.84 Å². The lowest BCUT2D eigenvalue weighted by Gasteiger charge is -2.30. The van der Waals surface area contributed by atoms with Crippen LogP contribution in [-0.2, 0) is 4.79 Å². The number of carboxylic acids is 1. The van der Waals surface area contributed by atoms with E-state index in [1.54, 1.807) is 19.5 Å². The first-order valence-corrected chi connectivity index (χ1v) is 5.54. The van der Waals surface area contributed by atoms with Gasteiger partial charge >= 0.3 is 5.97 Å². The molecule has 1 aromatic heterocycles. The van der Waals surface area contributed by atoms with Crippen LogP contribution in [0.15, 0.2) is 12.4 Å². The van der Waals surface area contributed by atoms with Gasteiger partial charge in [-0.2, -0.15) is 4.98 Å². The number of hydrogen-bond acceptors (Lipinski definition) is 5. The van der Waals surface area contributed by atoms with E-state index < -0.39 is 5.97 Å². The van der Waals surface area contributed by atoms with Crippen molar-refractivity contribution in [3.05, 3.63) is 12.4 Å². The van der Waals surface area contributed by atoms with E-state index in [-0.39, 0.29) is 5.92 Å². The van der Waals surface area contributed by atoms with Crippen LogP contribution in [0.5, 0.6) is 5.88 Å². The van der Waals surface area contributed by atoms with Gasteiger partial charge in [-0.15, -0.1) is 0 Å². The lowest BCUT2D eigenvalue weighted by atomic mass is 9.97. The van der Waals surface area contributed by atoms with Gasteiger partial charge in [0.2, 0.25) is 5.88 Å². The van der Waals surface area contributed by atoms with Crippen molar-refractivity contribution in [3.8, 4) is 5.88 Å². The second-order valence-corrected chi connectivity index (χ2v) is 4.02. The average Bonchev–Trinajstić information content (AvgIpc) is 2.39. The van der Waals surface area contributed by atoms with Gasteiger partial charge in [-0.05, 0) is 12.8 Å². The molecule has 0 atom stereocenters. The lowest BCUT2D eigenvalue weighted by Crippen LogP contribution is -2.36. The van der Waals surface area contributed by atoms with Crippen molar-refractivity contribution in [3.63, 3.8) is 0 Å². The highest BCUT2D eigenvalue weighted by molar-refractivity contribution is 5.70. The van der Waals surface area contributed by atoms with Crippen molar-refractivity contribution < 1.29 is 14.6 Å². The second-order valence-electron chi connectivity index (χ2n) is 4.02. The summed E-state index contributed by atoms with van der Waals surface area (Å²) in [5.41, 5.74) is 0. The highest BCUT2D eigenvalue weighted by atomic mass is 16.5. The van der Waals surface area contributed by atoms with Gasteiger partial charge < -0.3 is 14.7 Å². The number of aliphatic carboxylic acids is 1. The Labute approximate surface area is 99.2 Å². The molecule has 1 aliphatic rings. The van der Waals surface area contributed by atoms with Crippen molar-refractivity contribution in [2.75, 3.05) is 25.1 Å². The van der Waals surface area contributed by atoms with Crippen molar-refractivity contribution >= 4 is 11.8 Å². The summed E-state index contributed by atoms with van der Waals surface area (Å²) >= 11 is 0. The van der Waals surface area contributed by atoms with Crippen LogP contribution in [0.2, 0.25) is 0 Å². The molecule has 1 fully saturated rings. The number of ether oxygens (including phenoxy) is 1. The molecule has 0 aromatic carbocycles. The summed E-state index contributed by atoms with van der Waals surface area (Å²) in [6.07, 6.45) is 4.51. The first kappa shape index (κ1) is 11.6. The highest BCUT2D eigenvalue weighted by Gasteiger charge is 2.25. The molecule has 0 saturated carbocycles. The Morgan fingerprint density at radius 1 is 1.47 bits per heavy atom. The van der Waals surface area contributed by atoms with E-state index in [2.05, 4.69) is 9.97 Å². The van der Waals surface area contributed by atoms with Gasteiger partial charge in [0, 0.05) is 13.1 Å². The van der Waals surface area contributed by atoms with Crippen LogP contribution in [0.1, 0.15) is 12.8 Å². The van der Waals surface area contributed by atoms with Crippen LogP contribution in [-0.4, -0.2) is 41.2 Å². The summed E-state index contributed by atoms with van der Waals surface area (Å²) in [6, 6.07) is 0. The fourth-order valence-electron chi connectivity index (χ4n) is 1.94. The molecule has 17 heavy (non-hydrogen) atoms. The first-order chi connectivity index (χ1) is 8.20. The molecular weight excluding hydrogens is 222 g/mol. The number of rotatable bonds is 3. The molecule has 0 radical (unpaired) electrons. The third-order valence-electron chi connectivity index (χ3n) is 2.98. The van der Waals surface area contributed by atoms with Crippen LogP contribution in [0.25, 0.3) is 0 Å². The van der Waals surface area contributed by atoms with E-state index in [9.17, 15) is 4.79 Å². The third kappa shape index (κ3) is 2.64. The number of hydrogen-bond donors (Lipinski definition) is 1. The number of anilines is 1. The van der Waals surface area contributed by atoms with Gasteiger partial charge in [-0.25, -0.2) is 0 Å². The zero-order valence-corrected chi connectivity index (χ0v) is 9.67. The molecule has 2 heterocycles. The minimum atomic E-state index is -0.707. The Kier molecular flexibility index (Phi) is 3.41. The minimum Gasteiger partial charge on any atom is -0.481 e. The maximum atomic E-state index is 10.8. The summed E-state index contributed by atoms with van der Waals surface area (Å²) in [7, 11) is 1.55. The van der Waals surface area contributed by atoms with Crippen LogP contribution in [0.4, 0.5) is 5.82 Å². The Morgan fingerprint density at radius 2 is 2.18 bits per heavy atom. The van der Waals surface area contributed by atoms with Crippen molar-refractivity contribution in [1.29, 1.82) is 0 Å². The number of methoxy groups -OCH3 is 1. The van der Waals surface area contributed by atoms with Crippen LogP contribution in [0, 0.1) is 5.92 Å². The molecule has 1 aromatic rings. The van der Waals surface area contributed by atoms with E-state index in [1.807, 2.05) is 4.90 Å². The summed E-state index contributed by atoms with van der Waals surface area (Å²) < 4.78 is 5.01. The molecule has 0 spiro atoms. The molecule has 1 saturated heterocycles. The quantitative estimate of drug-likeness (QED) is 0.837. The van der Waals surface area contributed by atoms with Gasteiger partial charge in [-0.3, -0.25) is 9.78 Å². The van der Waals surface area contributed by atoms with Gasteiger partial charge in [0.1, 0.15) is 0 Å².